The largest absolute Gasteiger partial charge is 0.491 e. The van der Waals surface area contributed by atoms with E-state index in [-0.39, 0.29) is 6.10 Å². The summed E-state index contributed by atoms with van der Waals surface area (Å²) in [6.45, 7) is 7.28. The molecule has 120 valence electrons. The van der Waals surface area contributed by atoms with Crippen LogP contribution in [0.2, 0.25) is 0 Å². The van der Waals surface area contributed by atoms with Gasteiger partial charge in [0.05, 0.1) is 6.10 Å². The zero-order valence-electron chi connectivity index (χ0n) is 14.0. The Morgan fingerprint density at radius 2 is 1.74 bits per heavy atom. The van der Waals surface area contributed by atoms with E-state index in [1.54, 1.807) is 0 Å². The summed E-state index contributed by atoms with van der Waals surface area (Å²) in [6, 6.07) is 19.2. The van der Waals surface area contributed by atoms with Gasteiger partial charge in [-0.3, -0.25) is 4.90 Å². The average Bonchev–Trinajstić information content (AvgIpc) is 2.57. The maximum absolute atomic E-state index is 5.71. The molecule has 2 heteroatoms. The van der Waals surface area contributed by atoms with Crippen LogP contribution in [0.1, 0.15) is 31.4 Å². The number of rotatable bonds is 5. The molecule has 3 rings (SSSR count). The van der Waals surface area contributed by atoms with Crippen molar-refractivity contribution < 1.29 is 4.74 Å². The van der Waals surface area contributed by atoms with Crippen molar-refractivity contribution in [3.05, 3.63) is 71.8 Å². The Labute approximate surface area is 139 Å². The van der Waals surface area contributed by atoms with Crippen molar-refractivity contribution in [1.82, 2.24) is 4.90 Å². The van der Waals surface area contributed by atoms with Crippen LogP contribution in [0, 0.1) is 0 Å². The van der Waals surface area contributed by atoms with Crippen molar-refractivity contribution in [1.29, 1.82) is 0 Å². The number of ether oxygens (including phenoxy) is 1. The van der Waals surface area contributed by atoms with Crippen molar-refractivity contribution in [3.63, 3.8) is 0 Å². The highest BCUT2D eigenvalue weighted by atomic mass is 16.5. The maximum atomic E-state index is 5.71. The quantitative estimate of drug-likeness (QED) is 0.789. The van der Waals surface area contributed by atoms with Crippen molar-refractivity contribution >= 4 is 5.57 Å². The van der Waals surface area contributed by atoms with Crippen molar-refractivity contribution in [3.8, 4) is 5.75 Å². The first-order valence-electron chi connectivity index (χ1n) is 8.43. The van der Waals surface area contributed by atoms with Crippen LogP contribution < -0.4 is 4.74 Å². The van der Waals surface area contributed by atoms with E-state index in [0.717, 1.165) is 31.8 Å². The Morgan fingerprint density at radius 3 is 2.35 bits per heavy atom. The molecular weight excluding hydrogens is 282 g/mol. The lowest BCUT2D eigenvalue weighted by molar-refractivity contribution is 0.242. The number of nitrogens with zero attached hydrogens (tertiary/aromatic N) is 1. The van der Waals surface area contributed by atoms with Gasteiger partial charge in [-0.05, 0) is 49.1 Å². The van der Waals surface area contributed by atoms with E-state index in [0.29, 0.717) is 0 Å². The number of benzene rings is 2. The minimum absolute atomic E-state index is 0.223. The fourth-order valence-electron chi connectivity index (χ4n) is 2.98. The summed E-state index contributed by atoms with van der Waals surface area (Å²) < 4.78 is 5.71. The maximum Gasteiger partial charge on any atom is 0.119 e. The molecule has 0 spiro atoms. The summed E-state index contributed by atoms with van der Waals surface area (Å²) in [6.07, 6.45) is 3.70. The monoisotopic (exact) mass is 307 g/mol. The minimum Gasteiger partial charge on any atom is -0.491 e. The van der Waals surface area contributed by atoms with Gasteiger partial charge in [0, 0.05) is 19.6 Å². The van der Waals surface area contributed by atoms with E-state index in [1.807, 2.05) is 0 Å². The zero-order valence-corrected chi connectivity index (χ0v) is 14.0. The van der Waals surface area contributed by atoms with Gasteiger partial charge < -0.3 is 4.74 Å². The van der Waals surface area contributed by atoms with Crippen LogP contribution in [0.25, 0.3) is 5.57 Å². The molecule has 0 atom stereocenters. The molecule has 1 aliphatic heterocycles. The third-order valence-electron chi connectivity index (χ3n) is 4.14. The van der Waals surface area contributed by atoms with Crippen LogP contribution in [-0.2, 0) is 6.54 Å². The number of hydrogen-bond donors (Lipinski definition) is 0. The second kappa shape index (κ2) is 7.47. The molecular formula is C21H25NO. The highest BCUT2D eigenvalue weighted by Gasteiger charge is 2.13. The molecule has 0 aliphatic carbocycles. The molecule has 1 heterocycles. The second-order valence-electron chi connectivity index (χ2n) is 6.39. The smallest absolute Gasteiger partial charge is 0.119 e. The molecule has 2 aromatic rings. The molecule has 2 nitrogen and oxygen atoms in total. The van der Waals surface area contributed by atoms with E-state index < -0.39 is 0 Å². The van der Waals surface area contributed by atoms with Gasteiger partial charge in [0.1, 0.15) is 5.75 Å². The highest BCUT2D eigenvalue weighted by molar-refractivity contribution is 5.67. The zero-order chi connectivity index (χ0) is 16.1. The summed E-state index contributed by atoms with van der Waals surface area (Å²) in [5, 5.41) is 0. The summed E-state index contributed by atoms with van der Waals surface area (Å²) in [5.74, 6) is 0.950. The molecule has 0 N–H and O–H groups in total. The van der Waals surface area contributed by atoms with E-state index in [4.69, 9.17) is 4.74 Å². The van der Waals surface area contributed by atoms with Crippen LogP contribution in [0.3, 0.4) is 0 Å². The molecule has 0 saturated heterocycles. The van der Waals surface area contributed by atoms with Crippen LogP contribution in [0.4, 0.5) is 0 Å². The predicted octanol–water partition coefficient (Wildman–Crippen LogP) is 4.76. The van der Waals surface area contributed by atoms with Crippen LogP contribution in [-0.4, -0.2) is 24.1 Å². The summed E-state index contributed by atoms with van der Waals surface area (Å²) in [7, 11) is 0. The molecule has 2 aromatic carbocycles. The van der Waals surface area contributed by atoms with Gasteiger partial charge in [-0.1, -0.05) is 48.5 Å². The van der Waals surface area contributed by atoms with Gasteiger partial charge in [0.2, 0.25) is 0 Å². The number of hydrogen-bond acceptors (Lipinski definition) is 2. The first-order chi connectivity index (χ1) is 11.2. The Hall–Kier alpha value is -2.06. The van der Waals surface area contributed by atoms with Gasteiger partial charge in [-0.2, -0.15) is 0 Å². The third kappa shape index (κ3) is 4.46. The molecule has 0 amide bonds. The Bertz CT molecular complexity index is 643. The fraction of sp³-hybridized carbons (Fsp3) is 0.333. The summed E-state index contributed by atoms with van der Waals surface area (Å²) in [5.41, 5.74) is 4.16. The van der Waals surface area contributed by atoms with Gasteiger partial charge in [0.15, 0.2) is 0 Å². The van der Waals surface area contributed by atoms with Crippen molar-refractivity contribution in [2.24, 2.45) is 0 Å². The summed E-state index contributed by atoms with van der Waals surface area (Å²) >= 11 is 0. The molecule has 23 heavy (non-hydrogen) atoms. The first-order valence-corrected chi connectivity index (χ1v) is 8.43. The molecule has 0 bridgehead atoms. The SMILES string of the molecule is CC(C)Oc1ccc(C2=CCN(Cc3ccccc3)CC2)cc1. The molecule has 0 unspecified atom stereocenters. The van der Waals surface area contributed by atoms with Crippen LogP contribution in [0.15, 0.2) is 60.7 Å². The Balaban J connectivity index is 1.60. The lowest BCUT2D eigenvalue weighted by Crippen LogP contribution is -2.27. The second-order valence-corrected chi connectivity index (χ2v) is 6.39. The van der Waals surface area contributed by atoms with Gasteiger partial charge >= 0.3 is 0 Å². The fourth-order valence-corrected chi connectivity index (χ4v) is 2.98. The molecule has 0 fully saturated rings. The third-order valence-corrected chi connectivity index (χ3v) is 4.14. The summed E-state index contributed by atoms with van der Waals surface area (Å²) in [4.78, 5) is 2.50. The van der Waals surface area contributed by atoms with Gasteiger partial charge in [0.25, 0.3) is 0 Å². The molecule has 0 saturated carbocycles. The molecule has 0 aromatic heterocycles. The van der Waals surface area contributed by atoms with E-state index in [1.165, 1.54) is 16.7 Å². The van der Waals surface area contributed by atoms with Crippen LogP contribution >= 0.6 is 0 Å². The lowest BCUT2D eigenvalue weighted by atomic mass is 9.99. The van der Waals surface area contributed by atoms with Crippen molar-refractivity contribution in [2.75, 3.05) is 13.1 Å². The first kappa shape index (κ1) is 15.8. The lowest BCUT2D eigenvalue weighted by Gasteiger charge is -2.26. The van der Waals surface area contributed by atoms with Crippen LogP contribution in [0.5, 0.6) is 5.75 Å². The minimum atomic E-state index is 0.223. The topological polar surface area (TPSA) is 12.5 Å². The standard InChI is InChI=1S/C21H25NO/c1-17(2)23-21-10-8-19(9-11-21)20-12-14-22(15-13-20)16-18-6-4-3-5-7-18/h3-12,17H,13-16H2,1-2H3. The normalized spacial score (nSPS) is 15.5. The average molecular weight is 307 g/mol. The van der Waals surface area contributed by atoms with Crippen molar-refractivity contribution in [2.45, 2.75) is 32.9 Å². The van der Waals surface area contributed by atoms with E-state index in [9.17, 15) is 0 Å². The van der Waals surface area contributed by atoms with E-state index in [2.05, 4.69) is 79.4 Å². The Kier molecular flexibility index (Phi) is 5.14. The van der Waals surface area contributed by atoms with Gasteiger partial charge in [-0.25, -0.2) is 0 Å². The Morgan fingerprint density at radius 1 is 1.00 bits per heavy atom. The van der Waals surface area contributed by atoms with Gasteiger partial charge in [-0.15, -0.1) is 0 Å². The highest BCUT2D eigenvalue weighted by Crippen LogP contribution is 2.25. The van der Waals surface area contributed by atoms with E-state index >= 15 is 0 Å². The molecule has 1 aliphatic rings. The molecule has 0 radical (unpaired) electrons. The predicted molar refractivity (Wildman–Crippen MR) is 96.5 cm³/mol.